The first-order chi connectivity index (χ1) is 16.3. The molecule has 0 radical (unpaired) electrons. The Morgan fingerprint density at radius 1 is 0.303 bits per heavy atom. The molecule has 0 aromatic carbocycles. The molecule has 0 saturated heterocycles. The maximum atomic E-state index is 6.33. The molecule has 1 atom stereocenters. The van der Waals surface area contributed by atoms with Crippen LogP contribution in [0.5, 0.6) is 0 Å². The zero-order valence-electron chi connectivity index (χ0n) is 23.7. The Kier molecular flexibility index (Phi) is 30.0. The van der Waals surface area contributed by atoms with Crippen molar-refractivity contribution in [1.29, 1.82) is 0 Å². The van der Waals surface area contributed by atoms with Crippen molar-refractivity contribution < 1.29 is 0 Å². The van der Waals surface area contributed by atoms with Crippen molar-refractivity contribution in [2.24, 2.45) is 5.73 Å². The van der Waals surface area contributed by atoms with E-state index in [1.807, 2.05) is 0 Å². The van der Waals surface area contributed by atoms with E-state index >= 15 is 0 Å². The van der Waals surface area contributed by atoms with Crippen molar-refractivity contribution in [3.8, 4) is 0 Å². The molecule has 1 unspecified atom stereocenters. The molecule has 0 aliphatic rings. The van der Waals surface area contributed by atoms with Crippen LogP contribution in [0.4, 0.5) is 0 Å². The van der Waals surface area contributed by atoms with Gasteiger partial charge in [0, 0.05) is 6.04 Å². The zero-order valence-corrected chi connectivity index (χ0v) is 23.7. The van der Waals surface area contributed by atoms with Crippen LogP contribution >= 0.6 is 0 Å². The SMILES string of the molecule is CCCCCCCCCCCCCCCCCCCCCC(N)CCCCCCCCCC. The summed E-state index contributed by atoms with van der Waals surface area (Å²) in [4.78, 5) is 0. The maximum absolute atomic E-state index is 6.33. The van der Waals surface area contributed by atoms with Gasteiger partial charge in [-0.2, -0.15) is 0 Å². The molecule has 0 spiro atoms. The first kappa shape index (κ1) is 33.0. The van der Waals surface area contributed by atoms with Crippen molar-refractivity contribution in [3.05, 3.63) is 0 Å². The summed E-state index contributed by atoms with van der Waals surface area (Å²) in [6.45, 7) is 4.60. The second-order valence-electron chi connectivity index (χ2n) is 11.2. The van der Waals surface area contributed by atoms with E-state index in [4.69, 9.17) is 5.73 Å². The quantitative estimate of drug-likeness (QED) is 0.109. The molecule has 33 heavy (non-hydrogen) atoms. The second-order valence-corrected chi connectivity index (χ2v) is 11.2. The summed E-state index contributed by atoms with van der Waals surface area (Å²) in [5.74, 6) is 0. The molecular weight excluding hydrogens is 398 g/mol. The lowest BCUT2D eigenvalue weighted by molar-refractivity contribution is 0.478. The fourth-order valence-electron chi connectivity index (χ4n) is 5.17. The van der Waals surface area contributed by atoms with Crippen molar-refractivity contribution in [3.63, 3.8) is 0 Å². The molecule has 0 aliphatic heterocycles. The summed E-state index contributed by atoms with van der Waals surface area (Å²) in [7, 11) is 0. The van der Waals surface area contributed by atoms with Gasteiger partial charge in [0.2, 0.25) is 0 Å². The monoisotopic (exact) mass is 466 g/mol. The summed E-state index contributed by atoms with van der Waals surface area (Å²) >= 11 is 0. The predicted octanol–water partition coefficient (Wildman–Crippen LogP) is 11.7. The van der Waals surface area contributed by atoms with Crippen LogP contribution in [-0.2, 0) is 0 Å². The number of hydrogen-bond donors (Lipinski definition) is 1. The summed E-state index contributed by atoms with van der Waals surface area (Å²) < 4.78 is 0. The first-order valence-electron chi connectivity index (χ1n) is 16.1. The molecule has 0 saturated carbocycles. The maximum Gasteiger partial charge on any atom is 0.00388 e. The fraction of sp³-hybridized carbons (Fsp3) is 1.00. The topological polar surface area (TPSA) is 26.0 Å². The van der Waals surface area contributed by atoms with Crippen LogP contribution in [-0.4, -0.2) is 6.04 Å². The van der Waals surface area contributed by atoms with Crippen LogP contribution in [0.25, 0.3) is 0 Å². The third-order valence-electron chi connectivity index (χ3n) is 7.61. The Hall–Kier alpha value is -0.0400. The molecule has 0 rings (SSSR count). The Labute approximate surface area is 211 Å². The van der Waals surface area contributed by atoms with Gasteiger partial charge in [-0.25, -0.2) is 0 Å². The Morgan fingerprint density at radius 2 is 0.485 bits per heavy atom. The summed E-state index contributed by atoms with van der Waals surface area (Å²) in [6, 6.07) is 0.468. The molecular formula is C32H67N. The van der Waals surface area contributed by atoms with Gasteiger partial charge in [-0.3, -0.25) is 0 Å². The minimum absolute atomic E-state index is 0.468. The van der Waals surface area contributed by atoms with Gasteiger partial charge in [0.15, 0.2) is 0 Å². The van der Waals surface area contributed by atoms with Crippen LogP contribution in [0, 0.1) is 0 Å². The molecule has 0 aromatic rings. The third-order valence-corrected chi connectivity index (χ3v) is 7.61. The predicted molar refractivity (Wildman–Crippen MR) is 153 cm³/mol. The summed E-state index contributed by atoms with van der Waals surface area (Å²) in [5, 5.41) is 0. The van der Waals surface area contributed by atoms with Gasteiger partial charge >= 0.3 is 0 Å². The fourth-order valence-corrected chi connectivity index (χ4v) is 5.17. The molecule has 200 valence electrons. The molecule has 2 N–H and O–H groups in total. The van der Waals surface area contributed by atoms with E-state index in [0.717, 1.165) is 0 Å². The smallest absolute Gasteiger partial charge is 0.00388 e. The standard InChI is InChI=1S/C32H67N/c1-3-5-7-9-11-13-14-15-16-17-18-19-20-21-22-23-25-27-29-31-32(33)30-28-26-24-12-10-8-6-4-2/h32H,3-31,33H2,1-2H3. The van der Waals surface area contributed by atoms with Crippen molar-refractivity contribution in [2.45, 2.75) is 206 Å². The lowest BCUT2D eigenvalue weighted by Gasteiger charge is -2.11. The number of rotatable bonds is 29. The third kappa shape index (κ3) is 29.9. The highest BCUT2D eigenvalue weighted by atomic mass is 14.6. The molecule has 0 fully saturated rings. The van der Waals surface area contributed by atoms with Crippen molar-refractivity contribution in [2.75, 3.05) is 0 Å². The lowest BCUT2D eigenvalue weighted by Crippen LogP contribution is -2.19. The van der Waals surface area contributed by atoms with Gasteiger partial charge in [0.05, 0.1) is 0 Å². The van der Waals surface area contributed by atoms with Crippen molar-refractivity contribution >= 4 is 0 Å². The average molecular weight is 466 g/mol. The van der Waals surface area contributed by atoms with E-state index in [0.29, 0.717) is 6.04 Å². The second kappa shape index (κ2) is 30.0. The van der Waals surface area contributed by atoms with Crippen molar-refractivity contribution in [1.82, 2.24) is 0 Å². The zero-order chi connectivity index (χ0) is 24.1. The van der Waals surface area contributed by atoms with Crippen LogP contribution in [0.1, 0.15) is 200 Å². The normalized spacial score (nSPS) is 12.5. The minimum atomic E-state index is 0.468. The van der Waals surface area contributed by atoms with Crippen LogP contribution < -0.4 is 5.73 Å². The number of hydrogen-bond acceptors (Lipinski definition) is 1. The largest absolute Gasteiger partial charge is 0.328 e. The van der Waals surface area contributed by atoms with E-state index in [1.54, 1.807) is 0 Å². The number of nitrogens with two attached hydrogens (primary N) is 1. The van der Waals surface area contributed by atoms with E-state index < -0.39 is 0 Å². The van der Waals surface area contributed by atoms with E-state index in [1.165, 1.54) is 186 Å². The molecule has 1 nitrogen and oxygen atoms in total. The van der Waals surface area contributed by atoms with Gasteiger partial charge in [-0.05, 0) is 12.8 Å². The van der Waals surface area contributed by atoms with Gasteiger partial charge in [0.25, 0.3) is 0 Å². The first-order valence-corrected chi connectivity index (χ1v) is 16.1. The van der Waals surface area contributed by atoms with E-state index in [-0.39, 0.29) is 0 Å². The van der Waals surface area contributed by atoms with Gasteiger partial charge in [0.1, 0.15) is 0 Å². The van der Waals surface area contributed by atoms with Gasteiger partial charge in [-0.15, -0.1) is 0 Å². The molecule has 0 aliphatic carbocycles. The molecule has 0 aromatic heterocycles. The highest BCUT2D eigenvalue weighted by Crippen LogP contribution is 2.16. The highest BCUT2D eigenvalue weighted by molar-refractivity contribution is 4.62. The summed E-state index contributed by atoms with van der Waals surface area (Å²) in [5.41, 5.74) is 6.33. The van der Waals surface area contributed by atoms with Crippen LogP contribution in [0.15, 0.2) is 0 Å². The molecule has 0 heterocycles. The van der Waals surface area contributed by atoms with Crippen LogP contribution in [0.2, 0.25) is 0 Å². The van der Waals surface area contributed by atoms with Gasteiger partial charge < -0.3 is 5.73 Å². The highest BCUT2D eigenvalue weighted by Gasteiger charge is 2.02. The average Bonchev–Trinajstić information content (AvgIpc) is 2.82. The van der Waals surface area contributed by atoms with E-state index in [2.05, 4.69) is 13.8 Å². The molecule has 0 bridgehead atoms. The van der Waals surface area contributed by atoms with Gasteiger partial charge in [-0.1, -0.05) is 187 Å². The Morgan fingerprint density at radius 3 is 0.697 bits per heavy atom. The Balaban J connectivity index is 3.10. The summed E-state index contributed by atoms with van der Waals surface area (Å²) in [6.07, 6.45) is 41.4. The number of unbranched alkanes of at least 4 members (excludes halogenated alkanes) is 25. The minimum Gasteiger partial charge on any atom is -0.328 e. The van der Waals surface area contributed by atoms with E-state index in [9.17, 15) is 0 Å². The Bertz CT molecular complexity index is 326. The molecule has 1 heteroatoms. The van der Waals surface area contributed by atoms with Crippen LogP contribution in [0.3, 0.4) is 0 Å². The molecule has 0 amide bonds. The lowest BCUT2D eigenvalue weighted by atomic mass is 10.00.